The Hall–Kier alpha value is -1.52. The van der Waals surface area contributed by atoms with Crippen LogP contribution in [0, 0.1) is 25.7 Å². The van der Waals surface area contributed by atoms with Crippen molar-refractivity contribution in [2.24, 2.45) is 11.8 Å². The Morgan fingerprint density at radius 1 is 1.23 bits per heavy atom. The molecule has 2 saturated heterocycles. The average molecular weight is 321 g/mol. The molecular formula is C17H21ClN2O2. The zero-order chi connectivity index (χ0) is 14.6. The summed E-state index contributed by atoms with van der Waals surface area (Å²) in [4.78, 5) is 14.8. The second-order valence-corrected chi connectivity index (χ2v) is 6.40. The molecule has 22 heavy (non-hydrogen) atoms. The summed E-state index contributed by atoms with van der Waals surface area (Å²) in [5.74, 6) is 1.80. The molecule has 118 valence electrons. The minimum atomic E-state index is 0. The van der Waals surface area contributed by atoms with E-state index in [1.807, 2.05) is 36.9 Å². The first-order valence-electron chi connectivity index (χ1n) is 7.64. The first kappa shape index (κ1) is 15.4. The monoisotopic (exact) mass is 320 g/mol. The molecule has 0 radical (unpaired) electrons. The number of aryl methyl sites for hydroxylation is 2. The van der Waals surface area contributed by atoms with Gasteiger partial charge in [-0.05, 0) is 31.2 Å². The number of fused-ring (bicyclic) bond motifs is 2. The molecular weight excluding hydrogens is 300 g/mol. The molecule has 1 N–H and O–H groups in total. The number of carbonyl (C=O) groups excluding carboxylic acids is 1. The Morgan fingerprint density at radius 2 is 1.91 bits per heavy atom. The van der Waals surface area contributed by atoms with Crippen LogP contribution in [0.5, 0.6) is 0 Å². The summed E-state index contributed by atoms with van der Waals surface area (Å²) in [5.41, 5.74) is 2.89. The zero-order valence-corrected chi connectivity index (χ0v) is 13.7. The van der Waals surface area contributed by atoms with Crippen molar-refractivity contribution in [2.75, 3.05) is 26.2 Å². The molecule has 0 aliphatic carbocycles. The number of nitrogens with one attached hydrogen (secondary N) is 1. The van der Waals surface area contributed by atoms with Gasteiger partial charge in [-0.15, -0.1) is 12.4 Å². The fourth-order valence-corrected chi connectivity index (χ4v) is 3.75. The van der Waals surface area contributed by atoms with Gasteiger partial charge in [0.2, 0.25) is 0 Å². The largest absolute Gasteiger partial charge is 0.450 e. The number of rotatable bonds is 1. The molecule has 3 heterocycles. The van der Waals surface area contributed by atoms with Crippen LogP contribution in [0.15, 0.2) is 22.6 Å². The fraction of sp³-hybridized carbons (Fsp3) is 0.471. The molecule has 2 aromatic rings. The van der Waals surface area contributed by atoms with Crippen LogP contribution >= 0.6 is 12.4 Å². The molecule has 2 aliphatic heterocycles. The highest BCUT2D eigenvalue weighted by Crippen LogP contribution is 2.32. The number of carbonyl (C=O) groups is 1. The number of para-hydroxylation sites is 1. The first-order valence-corrected chi connectivity index (χ1v) is 7.64. The molecule has 2 fully saturated rings. The number of halogens is 1. The van der Waals surface area contributed by atoms with Gasteiger partial charge < -0.3 is 14.6 Å². The standard InChI is InChI=1S/C17H20N2O2.ClH/c1-10-4-3-5-14-11(2)16(21-15(10)14)17(20)19-8-12-6-18-7-13(12)9-19;/h3-5,12-13,18H,6-9H2,1-2H3;1H/t12-,13+;. The van der Waals surface area contributed by atoms with Crippen LogP contribution in [0.3, 0.4) is 0 Å². The van der Waals surface area contributed by atoms with Crippen LogP contribution in [-0.4, -0.2) is 37.0 Å². The Kier molecular flexibility index (Phi) is 3.91. The van der Waals surface area contributed by atoms with E-state index in [9.17, 15) is 4.79 Å². The van der Waals surface area contributed by atoms with E-state index in [1.54, 1.807) is 0 Å². The van der Waals surface area contributed by atoms with Crippen molar-refractivity contribution < 1.29 is 9.21 Å². The second kappa shape index (κ2) is 5.60. The lowest BCUT2D eigenvalue weighted by atomic mass is 10.0. The van der Waals surface area contributed by atoms with E-state index in [-0.39, 0.29) is 18.3 Å². The van der Waals surface area contributed by atoms with Crippen molar-refractivity contribution in [3.63, 3.8) is 0 Å². The van der Waals surface area contributed by atoms with E-state index in [4.69, 9.17) is 4.42 Å². The highest BCUT2D eigenvalue weighted by molar-refractivity contribution is 5.99. The van der Waals surface area contributed by atoms with E-state index in [1.165, 1.54) is 0 Å². The van der Waals surface area contributed by atoms with Crippen LogP contribution in [-0.2, 0) is 0 Å². The molecule has 4 nitrogen and oxygen atoms in total. The van der Waals surface area contributed by atoms with Crippen molar-refractivity contribution in [3.05, 3.63) is 35.1 Å². The minimum Gasteiger partial charge on any atom is -0.450 e. The third-order valence-corrected chi connectivity index (χ3v) is 5.03. The molecule has 0 saturated carbocycles. The van der Waals surface area contributed by atoms with Gasteiger partial charge in [-0.25, -0.2) is 0 Å². The molecule has 4 rings (SSSR count). The van der Waals surface area contributed by atoms with E-state index in [0.29, 0.717) is 17.6 Å². The molecule has 2 aliphatic rings. The number of likely N-dealkylation sites (tertiary alicyclic amines) is 1. The molecule has 1 aromatic heterocycles. The predicted molar refractivity (Wildman–Crippen MR) is 88.7 cm³/mol. The van der Waals surface area contributed by atoms with E-state index in [2.05, 4.69) is 5.32 Å². The van der Waals surface area contributed by atoms with Crippen molar-refractivity contribution in [1.82, 2.24) is 10.2 Å². The van der Waals surface area contributed by atoms with Gasteiger partial charge in [0.05, 0.1) is 0 Å². The van der Waals surface area contributed by atoms with Crippen molar-refractivity contribution in [2.45, 2.75) is 13.8 Å². The summed E-state index contributed by atoms with van der Waals surface area (Å²) < 4.78 is 5.92. The highest BCUT2D eigenvalue weighted by Gasteiger charge is 2.39. The number of benzene rings is 1. The maximum absolute atomic E-state index is 12.8. The van der Waals surface area contributed by atoms with Gasteiger partial charge in [-0.1, -0.05) is 18.2 Å². The number of hydrogen-bond acceptors (Lipinski definition) is 3. The predicted octanol–water partition coefficient (Wildman–Crippen LogP) is 2.76. The molecule has 0 bridgehead atoms. The van der Waals surface area contributed by atoms with Crippen molar-refractivity contribution in [1.29, 1.82) is 0 Å². The molecule has 0 spiro atoms. The van der Waals surface area contributed by atoms with Crippen molar-refractivity contribution >= 4 is 29.3 Å². The maximum atomic E-state index is 12.8. The number of amides is 1. The lowest BCUT2D eigenvalue weighted by Crippen LogP contribution is -2.31. The third kappa shape index (κ3) is 2.22. The van der Waals surface area contributed by atoms with Crippen LogP contribution < -0.4 is 5.32 Å². The Bertz CT molecular complexity index is 713. The quantitative estimate of drug-likeness (QED) is 0.879. The van der Waals surface area contributed by atoms with Gasteiger partial charge >= 0.3 is 0 Å². The van der Waals surface area contributed by atoms with Crippen LogP contribution in [0.1, 0.15) is 21.7 Å². The number of nitrogens with zero attached hydrogens (tertiary/aromatic N) is 1. The minimum absolute atomic E-state index is 0. The van der Waals surface area contributed by atoms with Gasteiger partial charge in [-0.2, -0.15) is 0 Å². The second-order valence-electron chi connectivity index (χ2n) is 6.40. The summed E-state index contributed by atoms with van der Waals surface area (Å²) in [6.45, 7) is 7.78. The average Bonchev–Trinajstić information content (AvgIpc) is 3.12. The SMILES string of the molecule is Cc1c(C(=O)N2C[C@H]3CNC[C@H]3C2)oc2c(C)cccc12.Cl. The highest BCUT2D eigenvalue weighted by atomic mass is 35.5. The van der Waals surface area contributed by atoms with Gasteiger partial charge in [0.1, 0.15) is 5.58 Å². The van der Waals surface area contributed by atoms with Gasteiger partial charge in [0.25, 0.3) is 5.91 Å². The molecule has 1 amide bonds. The Morgan fingerprint density at radius 3 is 2.55 bits per heavy atom. The lowest BCUT2D eigenvalue weighted by molar-refractivity contribution is 0.0751. The zero-order valence-electron chi connectivity index (χ0n) is 12.9. The summed E-state index contributed by atoms with van der Waals surface area (Å²) in [5, 5.41) is 4.46. The smallest absolute Gasteiger partial charge is 0.289 e. The maximum Gasteiger partial charge on any atom is 0.289 e. The summed E-state index contributed by atoms with van der Waals surface area (Å²) in [6.07, 6.45) is 0. The van der Waals surface area contributed by atoms with Crippen LogP contribution in [0.4, 0.5) is 0 Å². The van der Waals surface area contributed by atoms with Crippen LogP contribution in [0.25, 0.3) is 11.0 Å². The molecule has 1 aromatic carbocycles. The molecule has 2 atom stereocenters. The normalized spacial score (nSPS) is 23.6. The summed E-state index contributed by atoms with van der Waals surface area (Å²) >= 11 is 0. The van der Waals surface area contributed by atoms with Gasteiger partial charge in [0, 0.05) is 37.1 Å². The van der Waals surface area contributed by atoms with Crippen molar-refractivity contribution in [3.8, 4) is 0 Å². The summed E-state index contributed by atoms with van der Waals surface area (Å²) in [7, 11) is 0. The molecule has 5 heteroatoms. The van der Waals surface area contributed by atoms with Crippen LogP contribution in [0.2, 0.25) is 0 Å². The Labute approximate surface area is 136 Å². The van der Waals surface area contributed by atoms with E-state index >= 15 is 0 Å². The topological polar surface area (TPSA) is 45.5 Å². The van der Waals surface area contributed by atoms with E-state index < -0.39 is 0 Å². The first-order chi connectivity index (χ1) is 10.1. The fourth-order valence-electron chi connectivity index (χ4n) is 3.75. The molecule has 0 unspecified atom stereocenters. The number of hydrogen-bond donors (Lipinski definition) is 1. The third-order valence-electron chi connectivity index (χ3n) is 5.03. The van der Waals surface area contributed by atoms with Gasteiger partial charge in [-0.3, -0.25) is 4.79 Å². The van der Waals surface area contributed by atoms with E-state index in [0.717, 1.165) is 48.3 Å². The van der Waals surface area contributed by atoms with Gasteiger partial charge in [0.15, 0.2) is 5.76 Å². The lowest BCUT2D eigenvalue weighted by Gasteiger charge is -2.16. The Balaban J connectivity index is 0.00000144. The number of furan rings is 1. The summed E-state index contributed by atoms with van der Waals surface area (Å²) in [6, 6.07) is 6.06.